The van der Waals surface area contributed by atoms with Crippen molar-refractivity contribution >= 4 is 5.91 Å². The van der Waals surface area contributed by atoms with Crippen molar-refractivity contribution in [3.63, 3.8) is 0 Å². The summed E-state index contributed by atoms with van der Waals surface area (Å²) in [5.74, 6) is 0.483. The molecule has 6 nitrogen and oxygen atoms in total. The van der Waals surface area contributed by atoms with Crippen LogP contribution in [0.1, 0.15) is 41.0 Å². The molecule has 1 aliphatic rings. The van der Waals surface area contributed by atoms with E-state index in [-0.39, 0.29) is 5.91 Å². The number of pyridine rings is 1. The highest BCUT2D eigenvalue weighted by atomic mass is 16.1. The molecule has 1 fully saturated rings. The normalized spacial score (nSPS) is 18.0. The third-order valence-corrected chi connectivity index (χ3v) is 4.61. The number of piperidine rings is 1. The molecule has 1 N–H and O–H groups in total. The molecular formula is C19H25N5O. The predicted octanol–water partition coefficient (Wildman–Crippen LogP) is 2.21. The molecule has 1 saturated heterocycles. The van der Waals surface area contributed by atoms with Crippen LogP contribution < -0.4 is 5.32 Å². The molecule has 2 aromatic heterocycles. The van der Waals surface area contributed by atoms with Gasteiger partial charge in [0.15, 0.2) is 0 Å². The maximum atomic E-state index is 12.1. The average molecular weight is 339 g/mol. The maximum absolute atomic E-state index is 12.1. The van der Waals surface area contributed by atoms with Gasteiger partial charge in [0.05, 0.1) is 11.9 Å². The van der Waals surface area contributed by atoms with Crippen molar-refractivity contribution in [2.45, 2.75) is 32.7 Å². The number of rotatable bonds is 6. The summed E-state index contributed by atoms with van der Waals surface area (Å²) in [6.45, 7) is 5.74. The van der Waals surface area contributed by atoms with Crippen LogP contribution in [0.2, 0.25) is 0 Å². The summed E-state index contributed by atoms with van der Waals surface area (Å²) in [6, 6.07) is 4.15. The molecule has 0 aromatic carbocycles. The smallest absolute Gasteiger partial charge is 0.271 e. The zero-order valence-corrected chi connectivity index (χ0v) is 14.7. The first kappa shape index (κ1) is 17.5. The van der Waals surface area contributed by atoms with Crippen LogP contribution >= 0.6 is 0 Å². The highest BCUT2D eigenvalue weighted by molar-refractivity contribution is 5.91. The molecule has 2 aromatic rings. The van der Waals surface area contributed by atoms with E-state index < -0.39 is 0 Å². The van der Waals surface area contributed by atoms with Crippen LogP contribution in [0, 0.1) is 12.8 Å². The van der Waals surface area contributed by atoms with Crippen molar-refractivity contribution in [2.24, 2.45) is 5.92 Å². The zero-order valence-electron chi connectivity index (χ0n) is 14.7. The van der Waals surface area contributed by atoms with Gasteiger partial charge in [-0.15, -0.1) is 0 Å². The van der Waals surface area contributed by atoms with Gasteiger partial charge in [-0.1, -0.05) is 0 Å². The van der Waals surface area contributed by atoms with Crippen molar-refractivity contribution in [1.29, 1.82) is 0 Å². The summed E-state index contributed by atoms with van der Waals surface area (Å²) < 4.78 is 0. The molecule has 6 heteroatoms. The molecular weight excluding hydrogens is 314 g/mol. The van der Waals surface area contributed by atoms with E-state index in [1.807, 2.05) is 19.3 Å². The van der Waals surface area contributed by atoms with Crippen LogP contribution in [0.4, 0.5) is 0 Å². The topological polar surface area (TPSA) is 71.0 Å². The molecule has 3 rings (SSSR count). The number of nitrogens with zero attached hydrogens (tertiary/aromatic N) is 4. The number of hydrogen-bond acceptors (Lipinski definition) is 5. The van der Waals surface area contributed by atoms with Gasteiger partial charge in [-0.2, -0.15) is 0 Å². The van der Waals surface area contributed by atoms with Gasteiger partial charge in [-0.25, -0.2) is 4.98 Å². The Bertz CT molecular complexity index is 674. The minimum Gasteiger partial charge on any atom is -0.351 e. The van der Waals surface area contributed by atoms with Gasteiger partial charge >= 0.3 is 0 Å². The monoisotopic (exact) mass is 339 g/mol. The number of aryl methyl sites for hydroxylation is 1. The average Bonchev–Trinajstić information content (AvgIpc) is 2.63. The number of hydrogen-bond donors (Lipinski definition) is 1. The molecule has 0 bridgehead atoms. The molecule has 0 saturated carbocycles. The molecule has 0 radical (unpaired) electrons. The number of likely N-dealkylation sites (tertiary alicyclic amines) is 1. The van der Waals surface area contributed by atoms with E-state index in [1.54, 1.807) is 6.20 Å². The predicted molar refractivity (Wildman–Crippen MR) is 96.0 cm³/mol. The Morgan fingerprint density at radius 1 is 1.28 bits per heavy atom. The molecule has 0 aliphatic carbocycles. The first-order valence-corrected chi connectivity index (χ1v) is 8.89. The van der Waals surface area contributed by atoms with Gasteiger partial charge in [0.25, 0.3) is 5.91 Å². The third-order valence-electron chi connectivity index (χ3n) is 4.61. The first-order chi connectivity index (χ1) is 12.2. The minimum atomic E-state index is -0.142. The molecule has 25 heavy (non-hydrogen) atoms. The second-order valence-electron chi connectivity index (χ2n) is 6.69. The number of nitrogens with one attached hydrogen (secondary N) is 1. The van der Waals surface area contributed by atoms with Gasteiger partial charge in [0.1, 0.15) is 5.69 Å². The Balaban J connectivity index is 1.42. The third kappa shape index (κ3) is 5.32. The summed E-state index contributed by atoms with van der Waals surface area (Å²) in [7, 11) is 0. The van der Waals surface area contributed by atoms with Gasteiger partial charge in [0, 0.05) is 38.2 Å². The van der Waals surface area contributed by atoms with Crippen molar-refractivity contribution in [2.75, 3.05) is 19.6 Å². The van der Waals surface area contributed by atoms with Crippen LogP contribution in [0.3, 0.4) is 0 Å². The second-order valence-corrected chi connectivity index (χ2v) is 6.69. The van der Waals surface area contributed by atoms with E-state index in [4.69, 9.17) is 0 Å². The Hall–Kier alpha value is -2.34. The van der Waals surface area contributed by atoms with Crippen LogP contribution in [0.25, 0.3) is 0 Å². The van der Waals surface area contributed by atoms with Gasteiger partial charge in [-0.3, -0.25) is 19.7 Å². The highest BCUT2D eigenvalue weighted by Gasteiger charge is 2.20. The SMILES string of the molecule is Cc1cnc(C(=O)NCC[C@H]2CCCN(Cc3ccncc3)C2)cn1. The van der Waals surface area contributed by atoms with E-state index in [1.165, 1.54) is 24.6 Å². The van der Waals surface area contributed by atoms with Crippen LogP contribution in [-0.4, -0.2) is 45.4 Å². The standard InChI is InChI=1S/C19H25N5O/c1-15-11-23-18(12-22-15)19(25)21-9-6-16-3-2-10-24(13-16)14-17-4-7-20-8-5-17/h4-5,7-8,11-12,16H,2-3,6,9-10,13-14H2,1H3,(H,21,25)/t16-/m1/s1. The largest absolute Gasteiger partial charge is 0.351 e. The van der Waals surface area contributed by atoms with E-state index in [0.717, 1.165) is 31.7 Å². The van der Waals surface area contributed by atoms with E-state index in [9.17, 15) is 4.79 Å². The molecule has 1 atom stereocenters. The lowest BCUT2D eigenvalue weighted by Crippen LogP contribution is -2.36. The van der Waals surface area contributed by atoms with Crippen molar-refractivity contribution < 1.29 is 4.79 Å². The molecule has 1 aliphatic heterocycles. The van der Waals surface area contributed by atoms with E-state index in [0.29, 0.717) is 18.2 Å². The molecule has 1 amide bonds. The highest BCUT2D eigenvalue weighted by Crippen LogP contribution is 2.20. The number of carbonyl (C=O) groups is 1. The van der Waals surface area contributed by atoms with Crippen molar-refractivity contribution in [3.05, 3.63) is 53.9 Å². The lowest BCUT2D eigenvalue weighted by Gasteiger charge is -2.32. The first-order valence-electron chi connectivity index (χ1n) is 8.89. The van der Waals surface area contributed by atoms with Crippen LogP contribution in [0.15, 0.2) is 36.9 Å². The fourth-order valence-corrected chi connectivity index (χ4v) is 3.27. The zero-order chi connectivity index (χ0) is 17.5. The van der Waals surface area contributed by atoms with Gasteiger partial charge < -0.3 is 5.32 Å². The van der Waals surface area contributed by atoms with E-state index >= 15 is 0 Å². The summed E-state index contributed by atoms with van der Waals surface area (Å²) in [5.41, 5.74) is 2.50. The Morgan fingerprint density at radius 3 is 2.88 bits per heavy atom. The number of amides is 1. The molecule has 132 valence electrons. The van der Waals surface area contributed by atoms with Gasteiger partial charge in [-0.05, 0) is 56.3 Å². The summed E-state index contributed by atoms with van der Waals surface area (Å²) in [5, 5.41) is 2.96. The van der Waals surface area contributed by atoms with Crippen LogP contribution in [0.5, 0.6) is 0 Å². The van der Waals surface area contributed by atoms with Gasteiger partial charge in [0.2, 0.25) is 0 Å². The number of carbonyl (C=O) groups excluding carboxylic acids is 1. The molecule has 0 spiro atoms. The van der Waals surface area contributed by atoms with E-state index in [2.05, 4.69) is 37.3 Å². The summed E-state index contributed by atoms with van der Waals surface area (Å²) in [6.07, 6.45) is 10.3. The second kappa shape index (κ2) is 8.67. The molecule has 3 heterocycles. The fraction of sp³-hybridized carbons (Fsp3) is 0.474. The lowest BCUT2D eigenvalue weighted by molar-refractivity contribution is 0.0941. The van der Waals surface area contributed by atoms with Crippen molar-refractivity contribution in [1.82, 2.24) is 25.2 Å². The summed E-state index contributed by atoms with van der Waals surface area (Å²) >= 11 is 0. The molecule has 0 unspecified atom stereocenters. The van der Waals surface area contributed by atoms with Crippen LogP contribution in [-0.2, 0) is 6.54 Å². The Kier molecular flexibility index (Phi) is 6.06. The minimum absolute atomic E-state index is 0.142. The fourth-order valence-electron chi connectivity index (χ4n) is 3.27. The Labute approximate surface area is 148 Å². The summed E-state index contributed by atoms with van der Waals surface area (Å²) in [4.78, 5) is 26.9. The maximum Gasteiger partial charge on any atom is 0.271 e. The Morgan fingerprint density at radius 2 is 2.12 bits per heavy atom. The van der Waals surface area contributed by atoms with Crippen molar-refractivity contribution in [3.8, 4) is 0 Å². The quantitative estimate of drug-likeness (QED) is 0.874. The lowest BCUT2D eigenvalue weighted by atomic mass is 9.94. The number of aromatic nitrogens is 3.